The largest absolute Gasteiger partial charge is 0.385 e. The molecule has 124 valence electrons. The molecule has 0 saturated carbocycles. The van der Waals surface area contributed by atoms with Gasteiger partial charge in [-0.25, -0.2) is 0 Å². The number of nitrogens with zero attached hydrogens (tertiary/aromatic N) is 1. The summed E-state index contributed by atoms with van der Waals surface area (Å²) in [6, 6.07) is 20.2. The van der Waals surface area contributed by atoms with Gasteiger partial charge >= 0.3 is 0 Å². The van der Waals surface area contributed by atoms with Crippen LogP contribution in [0.5, 0.6) is 0 Å². The Hall–Kier alpha value is -1.68. The summed E-state index contributed by atoms with van der Waals surface area (Å²) in [7, 11) is 4.13. The van der Waals surface area contributed by atoms with Crippen molar-refractivity contribution in [2.24, 2.45) is 0 Å². The summed E-state index contributed by atoms with van der Waals surface area (Å²) in [5.41, 5.74) is 1.30. The van der Waals surface area contributed by atoms with E-state index in [0.717, 1.165) is 30.8 Å². The summed E-state index contributed by atoms with van der Waals surface area (Å²) < 4.78 is 0. The lowest BCUT2D eigenvalue weighted by Gasteiger charge is -2.29. The maximum atomic E-state index is 11.3. The molecule has 2 rings (SSSR count). The van der Waals surface area contributed by atoms with Crippen LogP contribution in [0.3, 0.4) is 0 Å². The van der Waals surface area contributed by atoms with E-state index in [9.17, 15) is 5.11 Å². The highest BCUT2D eigenvalue weighted by Gasteiger charge is 2.28. The molecule has 23 heavy (non-hydrogen) atoms. The molecule has 0 bridgehead atoms. The molecular formula is C20H28N2O. The number of aliphatic hydroxyl groups is 1. The van der Waals surface area contributed by atoms with Gasteiger partial charge in [-0.2, -0.15) is 0 Å². The first-order chi connectivity index (χ1) is 11.1. The van der Waals surface area contributed by atoms with Crippen LogP contribution in [0.25, 0.3) is 0 Å². The molecule has 0 spiro atoms. The zero-order valence-electron chi connectivity index (χ0n) is 14.2. The van der Waals surface area contributed by atoms with E-state index in [-0.39, 0.29) is 0 Å². The quantitative estimate of drug-likeness (QED) is 0.699. The van der Waals surface area contributed by atoms with Gasteiger partial charge in [0.15, 0.2) is 0 Å². The third kappa shape index (κ3) is 5.79. The van der Waals surface area contributed by atoms with Crippen LogP contribution >= 0.6 is 0 Å². The summed E-state index contributed by atoms with van der Waals surface area (Å²) in [6.07, 6.45) is 1.33. The van der Waals surface area contributed by atoms with Crippen molar-refractivity contribution >= 4 is 0 Å². The SMILES string of the molecule is CN(C)CCNCCC(O)(Cc1ccccc1)c1ccccc1. The summed E-state index contributed by atoms with van der Waals surface area (Å²) >= 11 is 0. The summed E-state index contributed by atoms with van der Waals surface area (Å²) in [5.74, 6) is 0. The highest BCUT2D eigenvalue weighted by atomic mass is 16.3. The first kappa shape index (κ1) is 17.7. The predicted molar refractivity (Wildman–Crippen MR) is 96.5 cm³/mol. The fraction of sp³-hybridized carbons (Fsp3) is 0.400. The lowest BCUT2D eigenvalue weighted by molar-refractivity contribution is 0.0279. The minimum Gasteiger partial charge on any atom is -0.385 e. The highest BCUT2D eigenvalue weighted by Crippen LogP contribution is 2.29. The second-order valence-corrected chi connectivity index (χ2v) is 6.36. The molecule has 0 saturated heterocycles. The molecule has 2 aromatic rings. The minimum atomic E-state index is -0.840. The molecule has 2 aromatic carbocycles. The van der Waals surface area contributed by atoms with Crippen LogP contribution in [0.15, 0.2) is 60.7 Å². The molecule has 2 N–H and O–H groups in total. The fourth-order valence-electron chi connectivity index (χ4n) is 2.74. The Bertz CT molecular complexity index is 556. The molecule has 0 aliphatic carbocycles. The van der Waals surface area contributed by atoms with Crippen molar-refractivity contribution in [2.45, 2.75) is 18.4 Å². The van der Waals surface area contributed by atoms with Gasteiger partial charge in [0.05, 0.1) is 5.60 Å². The van der Waals surface area contributed by atoms with E-state index in [0.29, 0.717) is 12.8 Å². The van der Waals surface area contributed by atoms with Gasteiger partial charge in [0, 0.05) is 19.5 Å². The van der Waals surface area contributed by atoms with Crippen molar-refractivity contribution in [3.8, 4) is 0 Å². The van der Waals surface area contributed by atoms with Gasteiger partial charge in [0.25, 0.3) is 0 Å². The van der Waals surface area contributed by atoms with E-state index in [1.807, 2.05) is 48.5 Å². The normalized spacial score (nSPS) is 13.9. The monoisotopic (exact) mass is 312 g/mol. The molecule has 0 radical (unpaired) electrons. The molecule has 0 fully saturated rings. The first-order valence-electron chi connectivity index (χ1n) is 8.27. The van der Waals surface area contributed by atoms with E-state index < -0.39 is 5.60 Å². The van der Waals surface area contributed by atoms with Gasteiger partial charge in [-0.1, -0.05) is 60.7 Å². The van der Waals surface area contributed by atoms with E-state index in [1.165, 1.54) is 0 Å². The minimum absolute atomic E-state index is 0.632. The highest BCUT2D eigenvalue weighted by molar-refractivity contribution is 5.26. The Labute approximate surface area is 140 Å². The smallest absolute Gasteiger partial charge is 0.0948 e. The van der Waals surface area contributed by atoms with E-state index in [4.69, 9.17) is 0 Å². The number of rotatable bonds is 9. The lowest BCUT2D eigenvalue weighted by Crippen LogP contribution is -2.35. The predicted octanol–water partition coefficient (Wildman–Crippen LogP) is 2.66. The molecular weight excluding hydrogens is 284 g/mol. The van der Waals surface area contributed by atoms with Gasteiger partial charge < -0.3 is 15.3 Å². The second kappa shape index (κ2) is 8.82. The van der Waals surface area contributed by atoms with Gasteiger partial charge in [-0.15, -0.1) is 0 Å². The number of hydrogen-bond acceptors (Lipinski definition) is 3. The molecule has 1 unspecified atom stereocenters. The van der Waals surface area contributed by atoms with Crippen LogP contribution in [-0.2, 0) is 12.0 Å². The van der Waals surface area contributed by atoms with Crippen LogP contribution < -0.4 is 5.32 Å². The number of benzene rings is 2. The number of likely N-dealkylation sites (N-methyl/N-ethyl adjacent to an activating group) is 1. The van der Waals surface area contributed by atoms with Crippen molar-refractivity contribution in [2.75, 3.05) is 33.7 Å². The van der Waals surface area contributed by atoms with Gasteiger partial charge in [-0.3, -0.25) is 0 Å². The zero-order chi connectivity index (χ0) is 16.5. The van der Waals surface area contributed by atoms with Crippen LogP contribution in [0.1, 0.15) is 17.5 Å². The third-order valence-corrected chi connectivity index (χ3v) is 4.10. The zero-order valence-corrected chi connectivity index (χ0v) is 14.2. The van der Waals surface area contributed by atoms with Crippen LogP contribution in [0.4, 0.5) is 0 Å². The average molecular weight is 312 g/mol. The average Bonchev–Trinajstić information content (AvgIpc) is 2.56. The molecule has 3 nitrogen and oxygen atoms in total. The second-order valence-electron chi connectivity index (χ2n) is 6.36. The fourth-order valence-corrected chi connectivity index (χ4v) is 2.74. The maximum Gasteiger partial charge on any atom is 0.0948 e. The molecule has 0 aliphatic rings. The maximum absolute atomic E-state index is 11.3. The van der Waals surface area contributed by atoms with Crippen molar-refractivity contribution in [1.29, 1.82) is 0 Å². The van der Waals surface area contributed by atoms with Crippen LogP contribution in [0, 0.1) is 0 Å². The first-order valence-corrected chi connectivity index (χ1v) is 8.27. The van der Waals surface area contributed by atoms with Gasteiger partial charge in [-0.05, 0) is 38.2 Å². The lowest BCUT2D eigenvalue weighted by atomic mass is 9.84. The van der Waals surface area contributed by atoms with Crippen molar-refractivity contribution < 1.29 is 5.11 Å². The third-order valence-electron chi connectivity index (χ3n) is 4.10. The Balaban J connectivity index is 2.03. The molecule has 0 heterocycles. The molecule has 0 aromatic heterocycles. The van der Waals surface area contributed by atoms with Crippen molar-refractivity contribution in [1.82, 2.24) is 10.2 Å². The Kier molecular flexibility index (Phi) is 6.78. The summed E-state index contributed by atoms with van der Waals surface area (Å²) in [4.78, 5) is 2.15. The van der Waals surface area contributed by atoms with Gasteiger partial charge in [0.2, 0.25) is 0 Å². The number of hydrogen-bond donors (Lipinski definition) is 2. The molecule has 0 aliphatic heterocycles. The molecule has 3 heteroatoms. The van der Waals surface area contributed by atoms with E-state index in [1.54, 1.807) is 0 Å². The Morgan fingerprint density at radius 1 is 0.913 bits per heavy atom. The van der Waals surface area contributed by atoms with Crippen molar-refractivity contribution in [3.05, 3.63) is 71.8 Å². The molecule has 1 atom stereocenters. The number of nitrogens with one attached hydrogen (secondary N) is 1. The Morgan fingerprint density at radius 3 is 2.13 bits per heavy atom. The van der Waals surface area contributed by atoms with E-state index in [2.05, 4.69) is 36.4 Å². The van der Waals surface area contributed by atoms with Gasteiger partial charge in [0.1, 0.15) is 0 Å². The summed E-state index contributed by atoms with van der Waals surface area (Å²) in [6.45, 7) is 2.73. The summed E-state index contributed by atoms with van der Waals surface area (Å²) in [5, 5.41) is 14.7. The molecule has 0 amide bonds. The van der Waals surface area contributed by atoms with Crippen LogP contribution in [-0.4, -0.2) is 43.7 Å². The standard InChI is InChI=1S/C20H28N2O/c1-22(2)16-15-21-14-13-20(23,19-11-7-4-8-12-19)17-18-9-5-3-6-10-18/h3-12,21,23H,13-17H2,1-2H3. The Morgan fingerprint density at radius 2 is 1.52 bits per heavy atom. The van der Waals surface area contributed by atoms with Crippen LogP contribution in [0.2, 0.25) is 0 Å². The van der Waals surface area contributed by atoms with Crippen molar-refractivity contribution in [3.63, 3.8) is 0 Å². The van der Waals surface area contributed by atoms with E-state index >= 15 is 0 Å². The topological polar surface area (TPSA) is 35.5 Å².